The Bertz CT molecular complexity index is 1170. The highest BCUT2D eigenvalue weighted by Crippen LogP contribution is 2.36. The van der Waals surface area contributed by atoms with E-state index in [0.29, 0.717) is 19.3 Å². The van der Waals surface area contributed by atoms with E-state index in [4.69, 9.17) is 19.3 Å². The Kier molecular flexibility index (Phi) is 37.5. The Labute approximate surface area is 341 Å². The van der Waals surface area contributed by atoms with Crippen LogP contribution in [0.25, 0.3) is 0 Å². The highest BCUT2D eigenvalue weighted by Gasteiger charge is 2.22. The maximum atomic E-state index is 12.4. The van der Waals surface area contributed by atoms with Crippen molar-refractivity contribution in [2.24, 2.45) is 5.92 Å². The van der Waals surface area contributed by atoms with E-state index in [1.165, 1.54) is 77.0 Å². The van der Waals surface area contributed by atoms with Crippen LogP contribution >= 0.6 is 7.82 Å². The van der Waals surface area contributed by atoms with Gasteiger partial charge in [0.1, 0.15) is 6.61 Å². The molecule has 0 bridgehead atoms. The SMILES string of the molecule is CC/C=C\C/C=C\C/C=C\C/C=C\C=C/C(O)C/C=C\CCC(=O)OC[C@H](COP(=O)(O)O)OC(=O)CCCCCCCCCCCCCCCCC(C)CC. The molecule has 0 amide bonds. The lowest BCUT2D eigenvalue weighted by molar-refractivity contribution is -0.161. The first-order valence-electron chi connectivity index (χ1n) is 21.7. The van der Waals surface area contributed by atoms with Crippen LogP contribution in [0.15, 0.2) is 72.9 Å². The van der Waals surface area contributed by atoms with Gasteiger partial charge in [-0.25, -0.2) is 4.57 Å². The lowest BCUT2D eigenvalue weighted by Gasteiger charge is -2.18. The molecule has 0 aromatic heterocycles. The molecule has 9 nitrogen and oxygen atoms in total. The average molecular weight is 807 g/mol. The van der Waals surface area contributed by atoms with Crippen molar-refractivity contribution in [3.05, 3.63) is 72.9 Å². The van der Waals surface area contributed by atoms with Crippen molar-refractivity contribution in [2.75, 3.05) is 13.2 Å². The van der Waals surface area contributed by atoms with Crippen LogP contribution in [0.4, 0.5) is 0 Å². The third-order valence-corrected chi connectivity index (χ3v) is 9.86. The van der Waals surface area contributed by atoms with Crippen molar-refractivity contribution in [2.45, 2.75) is 187 Å². The van der Waals surface area contributed by atoms with E-state index in [1.54, 1.807) is 18.2 Å². The van der Waals surface area contributed by atoms with Gasteiger partial charge in [-0.15, -0.1) is 0 Å². The molecule has 2 unspecified atom stereocenters. The van der Waals surface area contributed by atoms with E-state index in [0.717, 1.165) is 50.9 Å². The molecule has 0 aliphatic carbocycles. The van der Waals surface area contributed by atoms with Gasteiger partial charge in [0, 0.05) is 12.8 Å². The predicted octanol–water partition coefficient (Wildman–Crippen LogP) is 12.3. The van der Waals surface area contributed by atoms with Gasteiger partial charge in [0.05, 0.1) is 12.7 Å². The second-order valence-corrected chi connectivity index (χ2v) is 16.0. The molecular weight excluding hydrogens is 727 g/mol. The molecule has 0 aliphatic rings. The lowest BCUT2D eigenvalue weighted by atomic mass is 9.99. The normalized spacial score (nSPS) is 14.3. The van der Waals surface area contributed by atoms with Gasteiger partial charge >= 0.3 is 19.8 Å². The molecule has 0 aromatic rings. The number of allylic oxidation sites excluding steroid dienone is 10. The Hall–Kier alpha value is -2.55. The molecule has 0 spiro atoms. The number of ether oxygens (including phenoxy) is 2. The second kappa shape index (κ2) is 39.3. The quantitative estimate of drug-likeness (QED) is 0.0183. The van der Waals surface area contributed by atoms with Crippen LogP contribution in [0.5, 0.6) is 0 Å². The van der Waals surface area contributed by atoms with Crippen molar-refractivity contribution in [3.8, 4) is 0 Å². The maximum absolute atomic E-state index is 12.4. The minimum absolute atomic E-state index is 0.0587. The molecule has 0 fully saturated rings. The fourth-order valence-corrected chi connectivity index (χ4v) is 6.11. The Morgan fingerprint density at radius 2 is 1.16 bits per heavy atom. The first-order chi connectivity index (χ1) is 27.1. The molecule has 0 aromatic carbocycles. The summed E-state index contributed by atoms with van der Waals surface area (Å²) in [5, 5.41) is 10.1. The fraction of sp³-hybridized carbons (Fsp3) is 0.696. The van der Waals surface area contributed by atoms with Crippen molar-refractivity contribution in [1.29, 1.82) is 0 Å². The lowest BCUT2D eigenvalue weighted by Crippen LogP contribution is -2.29. The van der Waals surface area contributed by atoms with Gasteiger partial charge in [0.25, 0.3) is 0 Å². The summed E-state index contributed by atoms with van der Waals surface area (Å²) in [6.45, 7) is 5.79. The van der Waals surface area contributed by atoms with Crippen LogP contribution < -0.4 is 0 Å². The van der Waals surface area contributed by atoms with Crippen LogP contribution in [0.3, 0.4) is 0 Å². The van der Waals surface area contributed by atoms with Gasteiger partial charge < -0.3 is 24.4 Å². The molecular formula is C46H79O9P. The van der Waals surface area contributed by atoms with Gasteiger partial charge in [-0.1, -0.05) is 190 Å². The molecule has 0 heterocycles. The van der Waals surface area contributed by atoms with Gasteiger partial charge in [0.2, 0.25) is 0 Å². The molecule has 0 saturated carbocycles. The van der Waals surface area contributed by atoms with Gasteiger partial charge in [-0.2, -0.15) is 0 Å². The van der Waals surface area contributed by atoms with Crippen molar-refractivity contribution < 1.29 is 43.0 Å². The number of aliphatic hydroxyl groups excluding tert-OH is 1. The Morgan fingerprint density at radius 3 is 1.71 bits per heavy atom. The molecule has 56 heavy (non-hydrogen) atoms. The Balaban J connectivity index is 4.12. The summed E-state index contributed by atoms with van der Waals surface area (Å²) < 4.78 is 26.3. The zero-order valence-corrected chi connectivity index (χ0v) is 36.2. The molecule has 3 atom stereocenters. The number of rotatable bonds is 38. The summed E-state index contributed by atoms with van der Waals surface area (Å²) in [4.78, 5) is 42.9. The number of phosphoric ester groups is 1. The molecule has 10 heteroatoms. The third-order valence-electron chi connectivity index (χ3n) is 9.37. The van der Waals surface area contributed by atoms with Gasteiger partial charge in [-0.05, 0) is 50.9 Å². The van der Waals surface area contributed by atoms with Crippen molar-refractivity contribution >= 4 is 19.8 Å². The molecule has 322 valence electrons. The monoisotopic (exact) mass is 807 g/mol. The van der Waals surface area contributed by atoms with Gasteiger partial charge in [0.15, 0.2) is 6.10 Å². The van der Waals surface area contributed by atoms with Crippen LogP contribution in [0.2, 0.25) is 0 Å². The summed E-state index contributed by atoms with van der Waals surface area (Å²) >= 11 is 0. The van der Waals surface area contributed by atoms with Crippen molar-refractivity contribution in [1.82, 2.24) is 0 Å². The van der Waals surface area contributed by atoms with Crippen LogP contribution in [0.1, 0.15) is 175 Å². The van der Waals surface area contributed by atoms with Crippen LogP contribution in [-0.4, -0.2) is 52.3 Å². The molecule has 0 radical (unpaired) electrons. The second-order valence-electron chi connectivity index (χ2n) is 14.7. The van der Waals surface area contributed by atoms with Crippen LogP contribution in [0, 0.1) is 5.92 Å². The number of unbranched alkanes of at least 4 members (excludes halogenated alkanes) is 13. The standard InChI is InChI=1S/C46H79O9P/c1-4-6-7-8-9-10-11-14-18-21-24-27-31-36-43(47)37-32-29-34-38-45(48)53-40-44(41-54-56(50,51)52)55-46(49)39-33-28-25-22-19-16-13-12-15-17-20-23-26-30-35-42(3)5-2/h6-7,9-10,14,18,24,27,29,31-32,36,42-44,47H,4-5,8,11-13,15-17,19-23,25-26,28,30,33-35,37-41H2,1-3H3,(H2,50,51,52)/b7-6-,10-9-,18-14-,27-24-,32-29-,36-31-/t42?,43?,44-/m1/s1. The Morgan fingerprint density at radius 1 is 0.625 bits per heavy atom. The summed E-state index contributed by atoms with van der Waals surface area (Å²) in [5.41, 5.74) is 0. The van der Waals surface area contributed by atoms with E-state index in [1.807, 2.05) is 18.2 Å². The van der Waals surface area contributed by atoms with E-state index in [-0.39, 0.29) is 19.4 Å². The predicted molar refractivity (Wildman–Crippen MR) is 231 cm³/mol. The third kappa shape index (κ3) is 41.1. The van der Waals surface area contributed by atoms with Crippen molar-refractivity contribution in [3.63, 3.8) is 0 Å². The number of carbonyl (C=O) groups is 2. The summed E-state index contributed by atoms with van der Waals surface area (Å²) in [6.07, 6.45) is 46.5. The average Bonchev–Trinajstić information content (AvgIpc) is 3.16. The smallest absolute Gasteiger partial charge is 0.462 e. The molecule has 0 aliphatic heterocycles. The van der Waals surface area contributed by atoms with E-state index in [9.17, 15) is 19.3 Å². The minimum Gasteiger partial charge on any atom is -0.462 e. The highest BCUT2D eigenvalue weighted by atomic mass is 31.2. The minimum atomic E-state index is -4.80. The number of hydrogen-bond acceptors (Lipinski definition) is 7. The molecule has 3 N–H and O–H groups in total. The van der Waals surface area contributed by atoms with E-state index in [2.05, 4.69) is 61.8 Å². The first-order valence-corrected chi connectivity index (χ1v) is 23.3. The summed E-state index contributed by atoms with van der Waals surface area (Å²) in [6, 6.07) is 0. The molecule has 0 rings (SSSR count). The number of carbonyl (C=O) groups excluding carboxylic acids is 2. The first kappa shape index (κ1) is 53.5. The largest absolute Gasteiger partial charge is 0.469 e. The van der Waals surface area contributed by atoms with E-state index < -0.39 is 38.6 Å². The number of esters is 2. The zero-order chi connectivity index (χ0) is 41.4. The number of aliphatic hydroxyl groups is 1. The summed E-state index contributed by atoms with van der Waals surface area (Å²) in [5.74, 6) is -0.196. The topological polar surface area (TPSA) is 140 Å². The highest BCUT2D eigenvalue weighted by molar-refractivity contribution is 7.46. The zero-order valence-electron chi connectivity index (χ0n) is 35.3. The maximum Gasteiger partial charge on any atom is 0.469 e. The van der Waals surface area contributed by atoms with Crippen LogP contribution in [-0.2, 0) is 28.2 Å². The fourth-order valence-electron chi connectivity index (χ4n) is 5.75. The summed E-state index contributed by atoms with van der Waals surface area (Å²) in [7, 11) is -4.80. The number of hydrogen-bond donors (Lipinski definition) is 3. The van der Waals surface area contributed by atoms with E-state index >= 15 is 0 Å². The molecule has 0 saturated heterocycles. The number of phosphoric acid groups is 1. The van der Waals surface area contributed by atoms with Gasteiger partial charge in [-0.3, -0.25) is 14.1 Å².